The van der Waals surface area contributed by atoms with Gasteiger partial charge in [0.25, 0.3) is 0 Å². The van der Waals surface area contributed by atoms with Gasteiger partial charge in [-0.2, -0.15) is 0 Å². The van der Waals surface area contributed by atoms with Crippen molar-refractivity contribution in [3.05, 3.63) is 35.9 Å². The molecule has 1 amide bonds. The summed E-state index contributed by atoms with van der Waals surface area (Å²) in [4.78, 5) is 15.5. The zero-order valence-corrected chi connectivity index (χ0v) is 13.8. The first-order valence-electron chi connectivity index (χ1n) is 9.15. The molecule has 1 aromatic carbocycles. The fraction of sp³-hybridized carbons (Fsp3) is 0.650. The summed E-state index contributed by atoms with van der Waals surface area (Å²) < 4.78 is 0. The fourth-order valence-electron chi connectivity index (χ4n) is 5.44. The molecule has 0 radical (unpaired) electrons. The molecule has 3 aliphatic rings. The van der Waals surface area contributed by atoms with E-state index >= 15 is 0 Å². The summed E-state index contributed by atoms with van der Waals surface area (Å²) in [7, 11) is 0. The summed E-state index contributed by atoms with van der Waals surface area (Å²) in [5.74, 6) is 1.98. The van der Waals surface area contributed by atoms with Gasteiger partial charge in [0.05, 0.1) is 5.41 Å². The Morgan fingerprint density at radius 2 is 2.04 bits per heavy atom. The third kappa shape index (κ3) is 2.59. The number of likely N-dealkylation sites (tertiary alicyclic amines) is 1. The lowest BCUT2D eigenvalue weighted by Gasteiger charge is -2.39. The van der Waals surface area contributed by atoms with Crippen molar-refractivity contribution in [1.82, 2.24) is 4.90 Å². The van der Waals surface area contributed by atoms with E-state index in [4.69, 9.17) is 0 Å². The van der Waals surface area contributed by atoms with Gasteiger partial charge in [-0.3, -0.25) is 4.79 Å². The molecule has 2 bridgehead atoms. The van der Waals surface area contributed by atoms with Crippen LogP contribution in [-0.4, -0.2) is 35.6 Å². The molecule has 4 unspecified atom stereocenters. The Morgan fingerprint density at radius 3 is 2.65 bits per heavy atom. The van der Waals surface area contributed by atoms with E-state index in [0.29, 0.717) is 11.8 Å². The highest BCUT2D eigenvalue weighted by molar-refractivity contribution is 5.84. The van der Waals surface area contributed by atoms with E-state index in [0.717, 1.165) is 38.3 Å². The smallest absolute Gasteiger partial charge is 0.229 e. The molecule has 0 aromatic heterocycles. The van der Waals surface area contributed by atoms with Crippen LogP contribution in [-0.2, 0) is 11.2 Å². The number of nitrogens with zero attached hydrogens (tertiary/aromatic N) is 1. The second-order valence-electron chi connectivity index (χ2n) is 7.99. The molecular weight excluding hydrogens is 286 g/mol. The molecular formula is C20H27NO2. The lowest BCUT2D eigenvalue weighted by atomic mass is 9.68. The minimum atomic E-state index is -0.172. The van der Waals surface area contributed by atoms with Crippen molar-refractivity contribution in [1.29, 1.82) is 0 Å². The van der Waals surface area contributed by atoms with Gasteiger partial charge in [-0.15, -0.1) is 0 Å². The number of fused-ring (bicyclic) bond motifs is 2. The standard InChI is InChI=1S/C20H27NO2/c22-14-17-8-9-21(13-17)19(23)20(11-15-4-2-1-3-5-15)12-16-6-7-18(20)10-16/h1-5,16-18,22H,6-14H2. The van der Waals surface area contributed by atoms with Crippen molar-refractivity contribution in [3.63, 3.8) is 0 Å². The SMILES string of the molecule is O=C(N1CCC(CO)C1)C1(Cc2ccccc2)CC2CCC1C2. The number of aliphatic hydroxyl groups excluding tert-OH is 1. The number of hydrogen-bond acceptors (Lipinski definition) is 2. The Bertz CT molecular complexity index is 572. The topological polar surface area (TPSA) is 40.5 Å². The van der Waals surface area contributed by atoms with Gasteiger partial charge in [-0.05, 0) is 49.5 Å². The van der Waals surface area contributed by atoms with Crippen LogP contribution in [0.25, 0.3) is 0 Å². The number of rotatable bonds is 4. The monoisotopic (exact) mass is 313 g/mol. The number of amides is 1. The minimum absolute atomic E-state index is 0.172. The normalized spacial score (nSPS) is 35.9. The first kappa shape index (κ1) is 15.2. The van der Waals surface area contributed by atoms with Crippen LogP contribution in [0.15, 0.2) is 30.3 Å². The Balaban J connectivity index is 1.60. The van der Waals surface area contributed by atoms with E-state index in [1.165, 1.54) is 24.8 Å². The minimum Gasteiger partial charge on any atom is -0.396 e. The Morgan fingerprint density at radius 1 is 1.22 bits per heavy atom. The molecule has 2 aliphatic carbocycles. The first-order valence-corrected chi connectivity index (χ1v) is 9.15. The second-order valence-corrected chi connectivity index (χ2v) is 7.99. The number of benzene rings is 1. The van der Waals surface area contributed by atoms with Crippen LogP contribution >= 0.6 is 0 Å². The van der Waals surface area contributed by atoms with Crippen LogP contribution in [0.4, 0.5) is 0 Å². The maximum atomic E-state index is 13.5. The molecule has 3 nitrogen and oxygen atoms in total. The van der Waals surface area contributed by atoms with Crippen molar-refractivity contribution in [2.24, 2.45) is 23.2 Å². The quantitative estimate of drug-likeness (QED) is 0.928. The van der Waals surface area contributed by atoms with E-state index in [1.54, 1.807) is 0 Å². The third-order valence-corrected chi connectivity index (χ3v) is 6.60. The number of carbonyl (C=O) groups excluding carboxylic acids is 1. The van der Waals surface area contributed by atoms with Crippen LogP contribution in [0.2, 0.25) is 0 Å². The Labute approximate surface area is 138 Å². The fourth-order valence-corrected chi connectivity index (χ4v) is 5.44. The summed E-state index contributed by atoms with van der Waals surface area (Å²) in [5.41, 5.74) is 1.13. The van der Waals surface area contributed by atoms with Gasteiger partial charge >= 0.3 is 0 Å². The number of aliphatic hydroxyl groups is 1. The molecule has 1 saturated heterocycles. The number of carbonyl (C=O) groups is 1. The van der Waals surface area contributed by atoms with E-state index in [2.05, 4.69) is 29.2 Å². The van der Waals surface area contributed by atoms with Crippen molar-refractivity contribution in [3.8, 4) is 0 Å². The van der Waals surface area contributed by atoms with Gasteiger partial charge in [0.1, 0.15) is 0 Å². The van der Waals surface area contributed by atoms with Crippen LogP contribution in [0.5, 0.6) is 0 Å². The lowest BCUT2D eigenvalue weighted by Crippen LogP contribution is -2.47. The van der Waals surface area contributed by atoms with Crippen LogP contribution < -0.4 is 0 Å². The van der Waals surface area contributed by atoms with Crippen molar-refractivity contribution < 1.29 is 9.90 Å². The molecule has 4 atom stereocenters. The summed E-state index contributed by atoms with van der Waals surface area (Å²) in [6.45, 7) is 1.79. The Hall–Kier alpha value is -1.35. The maximum absolute atomic E-state index is 13.5. The average Bonchev–Trinajstić information content (AvgIpc) is 3.30. The van der Waals surface area contributed by atoms with Gasteiger partial charge in [0, 0.05) is 25.6 Å². The molecule has 3 heteroatoms. The predicted molar refractivity (Wildman–Crippen MR) is 89.8 cm³/mol. The third-order valence-electron chi connectivity index (χ3n) is 6.60. The molecule has 1 N–H and O–H groups in total. The van der Waals surface area contributed by atoms with Crippen LogP contribution in [0.1, 0.15) is 37.7 Å². The highest BCUT2D eigenvalue weighted by Gasteiger charge is 2.56. The molecule has 3 fully saturated rings. The van der Waals surface area contributed by atoms with E-state index in [9.17, 15) is 9.90 Å². The zero-order chi connectivity index (χ0) is 15.9. The van der Waals surface area contributed by atoms with Gasteiger partial charge in [0.15, 0.2) is 0 Å². The van der Waals surface area contributed by atoms with Crippen molar-refractivity contribution >= 4 is 5.91 Å². The highest BCUT2D eigenvalue weighted by Crippen LogP contribution is 2.58. The van der Waals surface area contributed by atoms with Gasteiger partial charge < -0.3 is 10.0 Å². The molecule has 0 spiro atoms. The summed E-state index contributed by atoms with van der Waals surface area (Å²) in [5, 5.41) is 9.40. The summed E-state index contributed by atoms with van der Waals surface area (Å²) >= 11 is 0. The molecule has 23 heavy (non-hydrogen) atoms. The molecule has 2 saturated carbocycles. The van der Waals surface area contributed by atoms with Crippen LogP contribution in [0.3, 0.4) is 0 Å². The molecule has 124 valence electrons. The lowest BCUT2D eigenvalue weighted by molar-refractivity contribution is -0.144. The van der Waals surface area contributed by atoms with E-state index in [-0.39, 0.29) is 17.9 Å². The maximum Gasteiger partial charge on any atom is 0.229 e. The highest BCUT2D eigenvalue weighted by atomic mass is 16.3. The zero-order valence-electron chi connectivity index (χ0n) is 13.8. The summed E-state index contributed by atoms with van der Waals surface area (Å²) in [6.07, 6.45) is 6.71. The van der Waals surface area contributed by atoms with Crippen molar-refractivity contribution in [2.75, 3.05) is 19.7 Å². The second kappa shape index (κ2) is 5.94. The molecule has 1 aliphatic heterocycles. The Kier molecular flexibility index (Phi) is 3.92. The number of hydrogen-bond donors (Lipinski definition) is 1. The molecule has 4 rings (SSSR count). The largest absolute Gasteiger partial charge is 0.396 e. The summed E-state index contributed by atoms with van der Waals surface area (Å²) in [6, 6.07) is 10.5. The molecule has 1 aromatic rings. The van der Waals surface area contributed by atoms with Gasteiger partial charge in [-0.25, -0.2) is 0 Å². The average molecular weight is 313 g/mol. The van der Waals surface area contributed by atoms with Gasteiger partial charge in [0.2, 0.25) is 5.91 Å². The predicted octanol–water partition coefficient (Wildman–Crippen LogP) is 2.88. The van der Waals surface area contributed by atoms with Crippen LogP contribution in [0, 0.1) is 23.2 Å². The van der Waals surface area contributed by atoms with Gasteiger partial charge in [-0.1, -0.05) is 36.8 Å². The first-order chi connectivity index (χ1) is 11.2. The van der Waals surface area contributed by atoms with E-state index in [1.807, 2.05) is 6.07 Å². The van der Waals surface area contributed by atoms with E-state index < -0.39 is 0 Å². The van der Waals surface area contributed by atoms with Crippen molar-refractivity contribution in [2.45, 2.75) is 38.5 Å². The molecule has 1 heterocycles.